The highest BCUT2D eigenvalue weighted by molar-refractivity contribution is 6.31. The maximum atomic E-state index is 12.9. The highest BCUT2D eigenvalue weighted by atomic mass is 35.5. The Morgan fingerprint density at radius 3 is 2.58 bits per heavy atom. The molecule has 1 atom stereocenters. The van der Waals surface area contributed by atoms with Gasteiger partial charge in [0.1, 0.15) is 11.8 Å². The number of rotatable bonds is 6. The van der Waals surface area contributed by atoms with Gasteiger partial charge >= 0.3 is 6.18 Å². The summed E-state index contributed by atoms with van der Waals surface area (Å²) in [6.45, 7) is 3.90. The van der Waals surface area contributed by atoms with Crippen LogP contribution in [0.4, 0.5) is 24.5 Å². The van der Waals surface area contributed by atoms with Crippen molar-refractivity contribution in [2.24, 2.45) is 0 Å². The Balaban J connectivity index is 2.11. The number of hydrogen-bond acceptors (Lipinski definition) is 3. The molecule has 0 radical (unpaired) electrons. The number of carbonyl (C=O) groups is 1. The van der Waals surface area contributed by atoms with Crippen LogP contribution in [0.2, 0.25) is 5.02 Å². The van der Waals surface area contributed by atoms with Crippen LogP contribution in [-0.2, 0) is 11.0 Å². The van der Waals surface area contributed by atoms with Crippen LogP contribution in [0.3, 0.4) is 0 Å². The maximum Gasteiger partial charge on any atom is 0.417 e. The second-order valence-electron chi connectivity index (χ2n) is 5.48. The fourth-order valence-corrected chi connectivity index (χ4v) is 2.46. The van der Waals surface area contributed by atoms with Gasteiger partial charge in [0.25, 0.3) is 0 Å². The van der Waals surface area contributed by atoms with Gasteiger partial charge in [-0.25, -0.2) is 0 Å². The zero-order valence-electron chi connectivity index (χ0n) is 14.2. The standard InChI is InChI=1S/C18H18ClF3N2O2/c1-3-26-16-7-5-4-6-15(16)23-11(2)17(25)24-12-8-9-14(19)13(10-12)18(20,21)22/h4-11,23H,3H2,1-2H3,(H,24,25)/t11-/m0/s1. The van der Waals surface area contributed by atoms with Crippen molar-refractivity contribution in [2.45, 2.75) is 26.1 Å². The molecule has 0 aliphatic carbocycles. The lowest BCUT2D eigenvalue weighted by Crippen LogP contribution is -2.32. The SMILES string of the molecule is CCOc1ccccc1N[C@@H](C)C(=O)Nc1ccc(Cl)c(C(F)(F)F)c1. The molecule has 0 bridgehead atoms. The van der Waals surface area contributed by atoms with Crippen LogP contribution in [0, 0.1) is 0 Å². The summed E-state index contributed by atoms with van der Waals surface area (Å²) < 4.78 is 44.2. The van der Waals surface area contributed by atoms with Crippen LogP contribution >= 0.6 is 11.6 Å². The Bertz CT molecular complexity index is 781. The molecule has 0 unspecified atom stereocenters. The topological polar surface area (TPSA) is 50.4 Å². The number of benzene rings is 2. The smallest absolute Gasteiger partial charge is 0.417 e. The summed E-state index contributed by atoms with van der Waals surface area (Å²) >= 11 is 5.58. The third-order valence-corrected chi connectivity index (χ3v) is 3.82. The minimum atomic E-state index is -4.60. The molecule has 2 aromatic carbocycles. The highest BCUT2D eigenvalue weighted by Crippen LogP contribution is 2.36. The van der Waals surface area contributed by atoms with Gasteiger partial charge in [0.2, 0.25) is 5.91 Å². The summed E-state index contributed by atoms with van der Waals surface area (Å²) in [5.74, 6) is 0.0900. The van der Waals surface area contributed by atoms with Crippen molar-refractivity contribution < 1.29 is 22.7 Å². The van der Waals surface area contributed by atoms with Crippen molar-refractivity contribution in [1.82, 2.24) is 0 Å². The Kier molecular flexibility index (Phi) is 6.37. The van der Waals surface area contributed by atoms with Gasteiger partial charge in [0.05, 0.1) is 22.9 Å². The third-order valence-electron chi connectivity index (χ3n) is 3.49. The third kappa shape index (κ3) is 5.05. The van der Waals surface area contributed by atoms with Crippen molar-refractivity contribution in [3.05, 3.63) is 53.1 Å². The predicted molar refractivity (Wildman–Crippen MR) is 95.8 cm³/mol. The van der Waals surface area contributed by atoms with Crippen molar-refractivity contribution in [3.8, 4) is 5.75 Å². The van der Waals surface area contributed by atoms with E-state index in [0.717, 1.165) is 12.1 Å². The van der Waals surface area contributed by atoms with Gasteiger partial charge in [-0.2, -0.15) is 13.2 Å². The molecule has 0 fully saturated rings. The molecular formula is C18H18ClF3N2O2. The molecule has 0 aliphatic heterocycles. The average Bonchev–Trinajstić information content (AvgIpc) is 2.57. The Morgan fingerprint density at radius 2 is 1.92 bits per heavy atom. The Hall–Kier alpha value is -2.41. The number of ether oxygens (including phenoxy) is 1. The number of carbonyl (C=O) groups excluding carboxylic acids is 1. The largest absolute Gasteiger partial charge is 0.492 e. The fraction of sp³-hybridized carbons (Fsp3) is 0.278. The van der Waals surface area contributed by atoms with E-state index in [4.69, 9.17) is 16.3 Å². The van der Waals surface area contributed by atoms with E-state index in [1.54, 1.807) is 31.2 Å². The zero-order chi connectivity index (χ0) is 19.3. The van der Waals surface area contributed by atoms with E-state index in [1.165, 1.54) is 6.07 Å². The molecule has 0 saturated heterocycles. The van der Waals surface area contributed by atoms with Gasteiger partial charge in [-0.1, -0.05) is 23.7 Å². The molecule has 0 heterocycles. The minimum absolute atomic E-state index is 0.0125. The molecular weight excluding hydrogens is 369 g/mol. The van der Waals surface area contributed by atoms with Gasteiger partial charge < -0.3 is 15.4 Å². The summed E-state index contributed by atoms with van der Waals surface area (Å²) in [4.78, 5) is 12.3. The van der Waals surface area contributed by atoms with E-state index in [2.05, 4.69) is 10.6 Å². The maximum absolute atomic E-state index is 12.9. The first kappa shape index (κ1) is 19.9. The Morgan fingerprint density at radius 1 is 1.23 bits per heavy atom. The fourth-order valence-electron chi connectivity index (χ4n) is 2.24. The van der Waals surface area contributed by atoms with Crippen molar-refractivity contribution in [1.29, 1.82) is 0 Å². The summed E-state index contributed by atoms with van der Waals surface area (Å²) in [5.41, 5.74) is -0.373. The van der Waals surface area contributed by atoms with Crippen molar-refractivity contribution in [2.75, 3.05) is 17.2 Å². The molecule has 8 heteroatoms. The molecule has 0 spiro atoms. The minimum Gasteiger partial charge on any atom is -0.492 e. The molecule has 4 nitrogen and oxygen atoms in total. The number of hydrogen-bond donors (Lipinski definition) is 2. The summed E-state index contributed by atoms with van der Waals surface area (Å²) in [6.07, 6.45) is -4.60. The zero-order valence-corrected chi connectivity index (χ0v) is 14.9. The molecule has 0 aromatic heterocycles. The van der Waals surface area contributed by atoms with E-state index in [-0.39, 0.29) is 5.69 Å². The lowest BCUT2D eigenvalue weighted by atomic mass is 10.2. The summed E-state index contributed by atoms with van der Waals surface area (Å²) in [5, 5.41) is 5.01. The molecule has 0 saturated carbocycles. The predicted octanol–water partition coefficient (Wildman–Crippen LogP) is 5.20. The van der Waals surface area contributed by atoms with Crippen LogP contribution in [0.1, 0.15) is 19.4 Å². The van der Waals surface area contributed by atoms with Gasteiger partial charge in [-0.3, -0.25) is 4.79 Å². The monoisotopic (exact) mass is 386 g/mol. The van der Waals surface area contributed by atoms with Crippen molar-refractivity contribution in [3.63, 3.8) is 0 Å². The molecule has 140 valence electrons. The molecule has 2 rings (SSSR count). The highest BCUT2D eigenvalue weighted by Gasteiger charge is 2.33. The van der Waals surface area contributed by atoms with E-state index in [1.807, 2.05) is 6.92 Å². The average molecular weight is 387 g/mol. The summed E-state index contributed by atoms with van der Waals surface area (Å²) in [6, 6.07) is 9.60. The van der Waals surface area contributed by atoms with Crippen LogP contribution in [-0.4, -0.2) is 18.6 Å². The van der Waals surface area contributed by atoms with Gasteiger partial charge in [0.15, 0.2) is 0 Å². The first-order valence-corrected chi connectivity index (χ1v) is 8.26. The molecule has 1 amide bonds. The normalized spacial score (nSPS) is 12.4. The second-order valence-corrected chi connectivity index (χ2v) is 5.88. The van der Waals surface area contributed by atoms with Crippen LogP contribution in [0.5, 0.6) is 5.75 Å². The quantitative estimate of drug-likeness (QED) is 0.717. The van der Waals surface area contributed by atoms with E-state index in [0.29, 0.717) is 18.0 Å². The number of anilines is 2. The Labute approximate surface area is 154 Å². The van der Waals surface area contributed by atoms with Crippen LogP contribution < -0.4 is 15.4 Å². The lowest BCUT2D eigenvalue weighted by Gasteiger charge is -2.18. The van der Waals surface area contributed by atoms with Gasteiger partial charge in [0, 0.05) is 5.69 Å². The van der Waals surface area contributed by atoms with Gasteiger partial charge in [-0.05, 0) is 44.2 Å². The second kappa shape index (κ2) is 8.31. The lowest BCUT2D eigenvalue weighted by molar-refractivity contribution is -0.137. The van der Waals surface area contributed by atoms with Crippen LogP contribution in [0.15, 0.2) is 42.5 Å². The number of alkyl halides is 3. The van der Waals surface area contributed by atoms with E-state index >= 15 is 0 Å². The molecule has 2 aromatic rings. The van der Waals surface area contributed by atoms with E-state index in [9.17, 15) is 18.0 Å². The first-order chi connectivity index (χ1) is 12.2. The number of amides is 1. The summed E-state index contributed by atoms with van der Waals surface area (Å²) in [7, 11) is 0. The van der Waals surface area contributed by atoms with Crippen molar-refractivity contribution >= 4 is 28.9 Å². The first-order valence-electron chi connectivity index (χ1n) is 7.88. The number of para-hydroxylation sites is 2. The molecule has 0 aliphatic rings. The molecule has 26 heavy (non-hydrogen) atoms. The number of nitrogens with one attached hydrogen (secondary N) is 2. The number of halogens is 4. The molecule has 2 N–H and O–H groups in total. The van der Waals surface area contributed by atoms with Crippen LogP contribution in [0.25, 0.3) is 0 Å². The van der Waals surface area contributed by atoms with Gasteiger partial charge in [-0.15, -0.1) is 0 Å². The van der Waals surface area contributed by atoms with E-state index < -0.39 is 28.7 Å².